The smallest absolute Gasteiger partial charge is 0.252 e. The minimum atomic E-state index is -3.53. The summed E-state index contributed by atoms with van der Waals surface area (Å²) in [6, 6.07) is 2.31. The molecule has 0 amide bonds. The molecule has 1 fully saturated rings. The second kappa shape index (κ2) is 6.82. The lowest BCUT2D eigenvalue weighted by molar-refractivity contribution is 0.260. The zero-order chi connectivity index (χ0) is 14.6. The molecule has 0 aromatic carbocycles. The van der Waals surface area contributed by atoms with Crippen molar-refractivity contribution in [3.05, 3.63) is 29.7 Å². The predicted octanol–water partition coefficient (Wildman–Crippen LogP) is 1.17. The Morgan fingerprint density at radius 1 is 1.55 bits per heavy atom. The minimum absolute atomic E-state index is 0.0852. The zero-order valence-corrected chi connectivity index (χ0v) is 12.9. The van der Waals surface area contributed by atoms with E-state index in [4.69, 9.17) is 5.11 Å². The van der Waals surface area contributed by atoms with Gasteiger partial charge in [-0.2, -0.15) is 4.31 Å². The summed E-state index contributed by atoms with van der Waals surface area (Å²) in [5, 5.41) is 14.2. The molecule has 20 heavy (non-hydrogen) atoms. The van der Waals surface area contributed by atoms with Gasteiger partial charge in [0, 0.05) is 25.7 Å². The van der Waals surface area contributed by atoms with Gasteiger partial charge in [-0.15, -0.1) is 17.9 Å². The van der Waals surface area contributed by atoms with Crippen LogP contribution in [0.1, 0.15) is 18.4 Å². The Morgan fingerprint density at radius 3 is 2.90 bits per heavy atom. The molecule has 1 aromatic rings. The molecule has 0 atom stereocenters. The molecule has 0 saturated heterocycles. The van der Waals surface area contributed by atoms with Crippen LogP contribution in [-0.4, -0.2) is 43.6 Å². The lowest BCUT2D eigenvalue weighted by atomic mass is 10.3. The fourth-order valence-corrected chi connectivity index (χ4v) is 4.59. The number of hydrogen-bond acceptors (Lipinski definition) is 5. The molecule has 2 N–H and O–H groups in total. The summed E-state index contributed by atoms with van der Waals surface area (Å²) < 4.78 is 26.4. The Hall–Kier alpha value is -0.730. The van der Waals surface area contributed by atoms with E-state index < -0.39 is 10.0 Å². The van der Waals surface area contributed by atoms with Gasteiger partial charge in [0.1, 0.15) is 4.21 Å². The summed E-state index contributed by atoms with van der Waals surface area (Å²) in [4.78, 5) is 0. The second-order valence-electron chi connectivity index (χ2n) is 4.80. The molecule has 0 aliphatic heterocycles. The van der Waals surface area contributed by atoms with E-state index >= 15 is 0 Å². The summed E-state index contributed by atoms with van der Waals surface area (Å²) >= 11 is 1.22. The molecule has 1 aromatic heterocycles. The van der Waals surface area contributed by atoms with Gasteiger partial charge in [-0.1, -0.05) is 6.08 Å². The number of nitrogens with one attached hydrogen (secondary N) is 1. The molecule has 0 bridgehead atoms. The molecule has 5 nitrogen and oxygen atoms in total. The van der Waals surface area contributed by atoms with Crippen LogP contribution in [0.3, 0.4) is 0 Å². The molecule has 1 aliphatic carbocycles. The fraction of sp³-hybridized carbons (Fsp3) is 0.538. The third-order valence-corrected chi connectivity index (χ3v) is 6.41. The Morgan fingerprint density at radius 2 is 2.30 bits per heavy atom. The number of aliphatic hydroxyl groups excluding tert-OH is 1. The number of hydrogen-bond donors (Lipinski definition) is 2. The van der Waals surface area contributed by atoms with Gasteiger partial charge in [0.15, 0.2) is 0 Å². The standard InChI is InChI=1S/C13H20N2O3S2/c1-2-5-15(6-7-16)20(17,18)13-8-11(10-19-13)9-14-12-3-4-12/h2,8,10,12,14,16H,1,3-7,9H2. The van der Waals surface area contributed by atoms with E-state index in [2.05, 4.69) is 11.9 Å². The third-order valence-electron chi connectivity index (χ3n) is 3.08. The molecular formula is C13H20N2O3S2. The van der Waals surface area contributed by atoms with Gasteiger partial charge in [0.2, 0.25) is 0 Å². The van der Waals surface area contributed by atoms with Gasteiger partial charge in [-0.05, 0) is 29.9 Å². The van der Waals surface area contributed by atoms with Crippen molar-refractivity contribution >= 4 is 21.4 Å². The van der Waals surface area contributed by atoms with Gasteiger partial charge in [-0.3, -0.25) is 0 Å². The van der Waals surface area contributed by atoms with Crippen LogP contribution in [-0.2, 0) is 16.6 Å². The molecule has 0 spiro atoms. The minimum Gasteiger partial charge on any atom is -0.395 e. The first-order chi connectivity index (χ1) is 9.57. The van der Waals surface area contributed by atoms with Gasteiger partial charge < -0.3 is 10.4 Å². The molecule has 0 unspecified atom stereocenters. The highest BCUT2D eigenvalue weighted by atomic mass is 32.2. The van der Waals surface area contributed by atoms with Crippen LogP contribution in [0.2, 0.25) is 0 Å². The number of aliphatic hydroxyl groups is 1. The summed E-state index contributed by atoms with van der Waals surface area (Å²) in [6.45, 7) is 4.35. The van der Waals surface area contributed by atoms with Crippen molar-refractivity contribution in [3.63, 3.8) is 0 Å². The number of rotatable bonds is 9. The van der Waals surface area contributed by atoms with Crippen molar-refractivity contribution in [3.8, 4) is 0 Å². The highest BCUT2D eigenvalue weighted by molar-refractivity contribution is 7.91. The molecular weight excluding hydrogens is 296 g/mol. The van der Waals surface area contributed by atoms with Crippen LogP contribution in [0, 0.1) is 0 Å². The van der Waals surface area contributed by atoms with E-state index in [1.165, 1.54) is 34.6 Å². The average Bonchev–Trinajstić information content (AvgIpc) is 3.12. The number of thiophene rings is 1. The Balaban J connectivity index is 2.08. The van der Waals surface area contributed by atoms with E-state index in [0.29, 0.717) is 16.8 Å². The van der Waals surface area contributed by atoms with Crippen LogP contribution < -0.4 is 5.32 Å². The Bertz CT molecular complexity index is 550. The second-order valence-corrected chi connectivity index (χ2v) is 7.88. The highest BCUT2D eigenvalue weighted by Crippen LogP contribution is 2.25. The number of sulfonamides is 1. The maximum absolute atomic E-state index is 12.4. The molecule has 2 rings (SSSR count). The average molecular weight is 316 g/mol. The van der Waals surface area contributed by atoms with Gasteiger partial charge in [0.05, 0.1) is 6.61 Å². The molecule has 0 radical (unpaired) electrons. The van der Waals surface area contributed by atoms with Crippen molar-refractivity contribution < 1.29 is 13.5 Å². The first kappa shape index (κ1) is 15.7. The van der Waals surface area contributed by atoms with Crippen LogP contribution in [0.4, 0.5) is 0 Å². The fourth-order valence-electron chi connectivity index (χ4n) is 1.82. The van der Waals surface area contributed by atoms with Gasteiger partial charge >= 0.3 is 0 Å². The van der Waals surface area contributed by atoms with E-state index in [0.717, 1.165) is 5.56 Å². The first-order valence-electron chi connectivity index (χ1n) is 6.60. The lowest BCUT2D eigenvalue weighted by Crippen LogP contribution is -2.33. The Kier molecular flexibility index (Phi) is 5.34. The van der Waals surface area contributed by atoms with E-state index in [-0.39, 0.29) is 19.7 Å². The van der Waals surface area contributed by atoms with Gasteiger partial charge in [-0.25, -0.2) is 8.42 Å². The molecule has 1 saturated carbocycles. The summed E-state index contributed by atoms with van der Waals surface area (Å²) in [5.74, 6) is 0. The number of nitrogens with zero attached hydrogens (tertiary/aromatic N) is 1. The van der Waals surface area contributed by atoms with E-state index in [9.17, 15) is 8.42 Å². The zero-order valence-electron chi connectivity index (χ0n) is 11.3. The van der Waals surface area contributed by atoms with Gasteiger partial charge in [0.25, 0.3) is 10.0 Å². The third kappa shape index (κ3) is 3.89. The van der Waals surface area contributed by atoms with Crippen LogP contribution in [0.15, 0.2) is 28.3 Å². The molecule has 1 aliphatic rings. The lowest BCUT2D eigenvalue weighted by Gasteiger charge is -2.18. The predicted molar refractivity (Wildman–Crippen MR) is 80.2 cm³/mol. The normalized spacial score (nSPS) is 15.7. The summed E-state index contributed by atoms with van der Waals surface area (Å²) in [6.07, 6.45) is 3.94. The van der Waals surface area contributed by atoms with Crippen molar-refractivity contribution in [2.75, 3.05) is 19.7 Å². The largest absolute Gasteiger partial charge is 0.395 e. The SMILES string of the molecule is C=CCN(CCO)S(=O)(=O)c1cc(CNC2CC2)cs1. The summed E-state index contributed by atoms with van der Waals surface area (Å²) in [5.41, 5.74) is 0.989. The van der Waals surface area contributed by atoms with Crippen molar-refractivity contribution in [2.24, 2.45) is 0 Å². The quantitative estimate of drug-likeness (QED) is 0.671. The van der Waals surface area contributed by atoms with Crippen molar-refractivity contribution in [1.29, 1.82) is 0 Å². The first-order valence-corrected chi connectivity index (χ1v) is 8.92. The van der Waals surface area contributed by atoms with Crippen molar-refractivity contribution in [1.82, 2.24) is 9.62 Å². The van der Waals surface area contributed by atoms with Crippen LogP contribution >= 0.6 is 11.3 Å². The van der Waals surface area contributed by atoms with E-state index in [1.54, 1.807) is 6.07 Å². The van der Waals surface area contributed by atoms with E-state index in [1.807, 2.05) is 5.38 Å². The van der Waals surface area contributed by atoms with Crippen LogP contribution in [0.5, 0.6) is 0 Å². The molecule has 1 heterocycles. The summed E-state index contributed by atoms with van der Waals surface area (Å²) in [7, 11) is -3.53. The maximum Gasteiger partial charge on any atom is 0.252 e. The van der Waals surface area contributed by atoms with Crippen LogP contribution in [0.25, 0.3) is 0 Å². The Labute approximate surface area is 124 Å². The maximum atomic E-state index is 12.4. The van der Waals surface area contributed by atoms with Crippen molar-refractivity contribution in [2.45, 2.75) is 29.6 Å². The monoisotopic (exact) mass is 316 g/mol. The highest BCUT2D eigenvalue weighted by Gasteiger charge is 2.25. The molecule has 112 valence electrons. The topological polar surface area (TPSA) is 69.6 Å². The molecule has 7 heteroatoms.